The topological polar surface area (TPSA) is 23.5 Å². The highest BCUT2D eigenvalue weighted by Crippen LogP contribution is 2.28. The number of aliphatic hydroxyl groups excluding tert-OH is 1. The predicted octanol–water partition coefficient (Wildman–Crippen LogP) is 2.80. The van der Waals surface area contributed by atoms with Crippen LogP contribution in [0, 0.1) is 5.92 Å². The van der Waals surface area contributed by atoms with E-state index in [4.69, 9.17) is 0 Å². The van der Waals surface area contributed by atoms with Crippen molar-refractivity contribution in [2.75, 3.05) is 13.1 Å². The second-order valence-electron chi connectivity index (χ2n) is 5.66. The second-order valence-corrected chi connectivity index (χ2v) is 5.66. The van der Waals surface area contributed by atoms with Crippen LogP contribution in [0.5, 0.6) is 0 Å². The highest BCUT2D eigenvalue weighted by molar-refractivity contribution is 4.83. The Hall–Kier alpha value is -0.0800. The van der Waals surface area contributed by atoms with Crippen LogP contribution in [0.15, 0.2) is 0 Å². The molecule has 2 nitrogen and oxygen atoms in total. The Bertz CT molecular complexity index is 201. The molecule has 1 N–H and O–H groups in total. The van der Waals surface area contributed by atoms with Gasteiger partial charge >= 0.3 is 0 Å². The third kappa shape index (κ3) is 2.98. The maximum Gasteiger partial charge on any atom is 0.0695 e. The first-order valence-electron chi connectivity index (χ1n) is 7.23. The Morgan fingerprint density at radius 1 is 1.12 bits per heavy atom. The number of rotatable bonds is 4. The van der Waals surface area contributed by atoms with E-state index in [1.54, 1.807) is 0 Å². The van der Waals surface area contributed by atoms with Gasteiger partial charge in [0.15, 0.2) is 0 Å². The summed E-state index contributed by atoms with van der Waals surface area (Å²) >= 11 is 0. The van der Waals surface area contributed by atoms with Gasteiger partial charge in [-0.05, 0) is 44.6 Å². The van der Waals surface area contributed by atoms with E-state index in [1.165, 1.54) is 57.9 Å². The van der Waals surface area contributed by atoms with Crippen LogP contribution >= 0.6 is 0 Å². The van der Waals surface area contributed by atoms with E-state index < -0.39 is 0 Å². The van der Waals surface area contributed by atoms with Gasteiger partial charge in [-0.1, -0.05) is 26.2 Å². The number of β-amino-alcohol motifs (C(OH)–C–C–N with tert-alkyl or cyclic N) is 1. The molecule has 1 aliphatic heterocycles. The third-order valence-corrected chi connectivity index (χ3v) is 4.59. The zero-order chi connectivity index (χ0) is 11.4. The zero-order valence-corrected chi connectivity index (χ0v) is 10.7. The molecule has 94 valence electrons. The molecule has 1 heterocycles. The summed E-state index contributed by atoms with van der Waals surface area (Å²) in [5, 5.41) is 10.3. The first-order chi connectivity index (χ1) is 7.81. The molecule has 1 saturated heterocycles. The summed E-state index contributed by atoms with van der Waals surface area (Å²) in [5.41, 5.74) is 0. The van der Waals surface area contributed by atoms with Crippen molar-refractivity contribution < 1.29 is 5.11 Å². The van der Waals surface area contributed by atoms with E-state index in [2.05, 4.69) is 11.8 Å². The average molecular weight is 225 g/mol. The Balaban J connectivity index is 1.78. The molecule has 2 fully saturated rings. The molecule has 0 amide bonds. The molecular formula is C14H27NO. The third-order valence-electron chi connectivity index (χ3n) is 4.59. The van der Waals surface area contributed by atoms with Crippen molar-refractivity contribution in [2.45, 2.75) is 70.4 Å². The summed E-state index contributed by atoms with van der Waals surface area (Å²) < 4.78 is 0. The minimum absolute atomic E-state index is 0.0625. The SMILES string of the molecule is CCC1CCCN1CC(O)C1CCCCC1. The van der Waals surface area contributed by atoms with Crippen molar-refractivity contribution in [1.82, 2.24) is 4.90 Å². The number of aliphatic hydroxyl groups is 1. The molecule has 2 rings (SSSR count). The van der Waals surface area contributed by atoms with Crippen molar-refractivity contribution >= 4 is 0 Å². The van der Waals surface area contributed by atoms with E-state index in [0.29, 0.717) is 5.92 Å². The molecule has 2 unspecified atom stereocenters. The van der Waals surface area contributed by atoms with Crippen LogP contribution in [-0.4, -0.2) is 35.2 Å². The van der Waals surface area contributed by atoms with Gasteiger partial charge in [-0.25, -0.2) is 0 Å². The van der Waals surface area contributed by atoms with Gasteiger partial charge in [0.1, 0.15) is 0 Å². The zero-order valence-electron chi connectivity index (χ0n) is 10.7. The minimum atomic E-state index is -0.0625. The molecule has 0 spiro atoms. The summed E-state index contributed by atoms with van der Waals surface area (Å²) in [6.07, 6.45) is 10.4. The van der Waals surface area contributed by atoms with Gasteiger partial charge in [-0.3, -0.25) is 4.90 Å². The first-order valence-corrected chi connectivity index (χ1v) is 7.23. The highest BCUT2D eigenvalue weighted by Gasteiger charge is 2.28. The molecule has 1 saturated carbocycles. The van der Waals surface area contributed by atoms with Gasteiger partial charge in [0, 0.05) is 12.6 Å². The fourth-order valence-corrected chi connectivity index (χ4v) is 3.51. The summed E-state index contributed by atoms with van der Waals surface area (Å²) in [6.45, 7) is 4.42. The van der Waals surface area contributed by atoms with E-state index in [1.807, 2.05) is 0 Å². The van der Waals surface area contributed by atoms with E-state index >= 15 is 0 Å². The summed E-state index contributed by atoms with van der Waals surface area (Å²) in [7, 11) is 0. The van der Waals surface area contributed by atoms with Crippen LogP contribution in [-0.2, 0) is 0 Å². The van der Waals surface area contributed by atoms with Crippen LogP contribution in [0.1, 0.15) is 58.3 Å². The maximum absolute atomic E-state index is 10.3. The molecule has 2 heteroatoms. The van der Waals surface area contributed by atoms with E-state index in [0.717, 1.165) is 12.6 Å². The molecule has 2 aliphatic rings. The largest absolute Gasteiger partial charge is 0.392 e. The maximum atomic E-state index is 10.3. The van der Waals surface area contributed by atoms with Crippen molar-refractivity contribution in [3.8, 4) is 0 Å². The van der Waals surface area contributed by atoms with Crippen molar-refractivity contribution in [3.63, 3.8) is 0 Å². The lowest BCUT2D eigenvalue weighted by atomic mass is 9.85. The molecule has 0 aromatic heterocycles. The smallest absolute Gasteiger partial charge is 0.0695 e. The average Bonchev–Trinajstić information content (AvgIpc) is 2.77. The van der Waals surface area contributed by atoms with Crippen LogP contribution < -0.4 is 0 Å². The molecule has 2 atom stereocenters. The van der Waals surface area contributed by atoms with Crippen molar-refractivity contribution in [2.24, 2.45) is 5.92 Å². The van der Waals surface area contributed by atoms with Gasteiger partial charge in [0.25, 0.3) is 0 Å². The first kappa shape index (κ1) is 12.4. The number of hydrogen-bond donors (Lipinski definition) is 1. The summed E-state index contributed by atoms with van der Waals surface area (Å²) in [5.74, 6) is 0.590. The monoisotopic (exact) mass is 225 g/mol. The van der Waals surface area contributed by atoms with Crippen LogP contribution in [0.3, 0.4) is 0 Å². The molecule has 0 aromatic rings. The van der Waals surface area contributed by atoms with Gasteiger partial charge in [0.2, 0.25) is 0 Å². The lowest BCUT2D eigenvalue weighted by molar-refractivity contribution is 0.0433. The molecule has 0 radical (unpaired) electrons. The lowest BCUT2D eigenvalue weighted by Crippen LogP contribution is -2.39. The van der Waals surface area contributed by atoms with Gasteiger partial charge in [0.05, 0.1) is 6.10 Å². The quantitative estimate of drug-likeness (QED) is 0.795. The van der Waals surface area contributed by atoms with Gasteiger partial charge in [-0.15, -0.1) is 0 Å². The van der Waals surface area contributed by atoms with Gasteiger partial charge in [-0.2, -0.15) is 0 Å². The Morgan fingerprint density at radius 3 is 2.56 bits per heavy atom. The highest BCUT2D eigenvalue weighted by atomic mass is 16.3. The van der Waals surface area contributed by atoms with Crippen molar-refractivity contribution in [1.29, 1.82) is 0 Å². The molecule has 1 aliphatic carbocycles. The fraction of sp³-hybridized carbons (Fsp3) is 1.00. The van der Waals surface area contributed by atoms with E-state index in [9.17, 15) is 5.11 Å². The number of likely N-dealkylation sites (tertiary alicyclic amines) is 1. The Kier molecular flexibility index (Phi) is 4.66. The Morgan fingerprint density at radius 2 is 1.88 bits per heavy atom. The normalized spacial score (nSPS) is 30.8. The number of hydrogen-bond acceptors (Lipinski definition) is 2. The molecular weight excluding hydrogens is 198 g/mol. The Labute approximate surface area is 100 Å². The van der Waals surface area contributed by atoms with Crippen LogP contribution in [0.4, 0.5) is 0 Å². The van der Waals surface area contributed by atoms with E-state index in [-0.39, 0.29) is 6.10 Å². The van der Waals surface area contributed by atoms with Crippen LogP contribution in [0.25, 0.3) is 0 Å². The van der Waals surface area contributed by atoms with Gasteiger partial charge < -0.3 is 5.11 Å². The lowest BCUT2D eigenvalue weighted by Gasteiger charge is -2.32. The number of nitrogens with zero attached hydrogens (tertiary/aromatic N) is 1. The molecule has 16 heavy (non-hydrogen) atoms. The minimum Gasteiger partial charge on any atom is -0.392 e. The van der Waals surface area contributed by atoms with Crippen molar-refractivity contribution in [3.05, 3.63) is 0 Å². The second kappa shape index (κ2) is 6.02. The molecule has 0 bridgehead atoms. The summed E-state index contributed by atoms with van der Waals surface area (Å²) in [4.78, 5) is 2.53. The van der Waals surface area contributed by atoms with Crippen LogP contribution in [0.2, 0.25) is 0 Å². The predicted molar refractivity (Wildman–Crippen MR) is 67.5 cm³/mol. The molecule has 0 aromatic carbocycles. The fourth-order valence-electron chi connectivity index (χ4n) is 3.51. The standard InChI is InChI=1S/C14H27NO/c1-2-13-9-6-10-15(13)11-14(16)12-7-4-3-5-8-12/h12-14,16H,2-11H2,1H3. The summed E-state index contributed by atoms with van der Waals surface area (Å²) in [6, 6.07) is 0.748.